The molecule has 96 valence electrons. The minimum atomic E-state index is -0.209. The Hall–Kier alpha value is -1.07. The summed E-state index contributed by atoms with van der Waals surface area (Å²) in [6.45, 7) is 6.23. The van der Waals surface area contributed by atoms with Gasteiger partial charge < -0.3 is 11.1 Å². The second-order valence-corrected chi connectivity index (χ2v) is 6.52. The summed E-state index contributed by atoms with van der Waals surface area (Å²) < 4.78 is 0.968. The van der Waals surface area contributed by atoms with Crippen molar-refractivity contribution in [3.05, 3.63) is 38.8 Å². The lowest BCUT2D eigenvalue weighted by molar-refractivity contribution is 0.604. The van der Waals surface area contributed by atoms with Crippen molar-refractivity contribution in [2.75, 3.05) is 11.1 Å². The zero-order valence-corrected chi connectivity index (χ0v) is 13.0. The Kier molecular flexibility index (Phi) is 3.64. The van der Waals surface area contributed by atoms with Gasteiger partial charge in [-0.25, -0.2) is 4.98 Å². The molecule has 2 rings (SSSR count). The van der Waals surface area contributed by atoms with E-state index < -0.39 is 0 Å². The molecule has 0 saturated carbocycles. The van der Waals surface area contributed by atoms with Gasteiger partial charge >= 0.3 is 0 Å². The maximum absolute atomic E-state index is 5.88. The number of nitrogen functional groups attached to an aromatic ring is 1. The first-order valence-electron chi connectivity index (χ1n) is 5.64. The maximum Gasteiger partial charge on any atom is 0.117 e. The van der Waals surface area contributed by atoms with E-state index in [1.54, 1.807) is 11.3 Å². The smallest absolute Gasteiger partial charge is 0.117 e. The fraction of sp³-hybridized carbons (Fsp3) is 0.308. The van der Waals surface area contributed by atoms with Gasteiger partial charge in [-0.15, -0.1) is 11.3 Å². The van der Waals surface area contributed by atoms with Gasteiger partial charge in [0.1, 0.15) is 5.01 Å². The summed E-state index contributed by atoms with van der Waals surface area (Å²) in [5, 5.41) is 6.55. The highest BCUT2D eigenvalue weighted by atomic mass is 79.9. The molecule has 1 aromatic carbocycles. The summed E-state index contributed by atoms with van der Waals surface area (Å²) in [6.07, 6.45) is 1.83. The van der Waals surface area contributed by atoms with Gasteiger partial charge in [0.15, 0.2) is 0 Å². The normalized spacial score (nSPS) is 11.6. The molecule has 1 aromatic heterocycles. The van der Waals surface area contributed by atoms with Crippen LogP contribution in [0.1, 0.15) is 24.4 Å². The molecule has 0 atom stereocenters. The molecular formula is C13H16BrN3S. The minimum absolute atomic E-state index is 0.209. The van der Waals surface area contributed by atoms with Crippen molar-refractivity contribution in [2.24, 2.45) is 0 Å². The van der Waals surface area contributed by atoms with E-state index in [9.17, 15) is 0 Å². The van der Waals surface area contributed by atoms with Crippen LogP contribution in [0.4, 0.5) is 11.4 Å². The van der Waals surface area contributed by atoms with Crippen LogP contribution < -0.4 is 11.1 Å². The highest BCUT2D eigenvalue weighted by Gasteiger charge is 2.23. The zero-order valence-electron chi connectivity index (χ0n) is 10.6. The summed E-state index contributed by atoms with van der Waals surface area (Å²) in [6, 6.07) is 3.98. The van der Waals surface area contributed by atoms with E-state index in [4.69, 9.17) is 5.73 Å². The van der Waals surface area contributed by atoms with Crippen LogP contribution >= 0.6 is 27.3 Å². The summed E-state index contributed by atoms with van der Waals surface area (Å²) in [5.74, 6) is 0. The molecular weight excluding hydrogens is 310 g/mol. The topological polar surface area (TPSA) is 50.9 Å². The number of benzene rings is 1. The Morgan fingerprint density at radius 2 is 2.11 bits per heavy atom. The molecule has 0 amide bonds. The van der Waals surface area contributed by atoms with E-state index >= 15 is 0 Å². The largest absolute Gasteiger partial charge is 0.398 e. The van der Waals surface area contributed by atoms with Gasteiger partial charge in [-0.2, -0.15) is 0 Å². The summed E-state index contributed by atoms with van der Waals surface area (Å²) in [5.41, 5.74) is 8.56. The van der Waals surface area contributed by atoms with Gasteiger partial charge in [0.05, 0.1) is 5.54 Å². The number of nitrogens with one attached hydrogen (secondary N) is 1. The van der Waals surface area contributed by atoms with E-state index in [2.05, 4.69) is 46.1 Å². The fourth-order valence-electron chi connectivity index (χ4n) is 1.71. The number of halogens is 1. The molecule has 0 saturated heterocycles. The first-order valence-corrected chi connectivity index (χ1v) is 7.31. The van der Waals surface area contributed by atoms with Crippen molar-refractivity contribution in [3.63, 3.8) is 0 Å². The van der Waals surface area contributed by atoms with Gasteiger partial charge in [0.2, 0.25) is 0 Å². The van der Waals surface area contributed by atoms with Crippen LogP contribution in [0.3, 0.4) is 0 Å². The molecule has 1 heterocycles. The second kappa shape index (κ2) is 4.90. The number of hydrogen-bond donors (Lipinski definition) is 2. The third-order valence-corrected chi connectivity index (χ3v) is 4.52. The van der Waals surface area contributed by atoms with Crippen molar-refractivity contribution < 1.29 is 0 Å². The lowest BCUT2D eigenvalue weighted by Gasteiger charge is -2.26. The predicted octanol–water partition coefficient (Wildman–Crippen LogP) is 4.14. The van der Waals surface area contributed by atoms with Crippen LogP contribution in [-0.4, -0.2) is 4.98 Å². The molecule has 0 bridgehead atoms. The highest BCUT2D eigenvalue weighted by Crippen LogP contribution is 2.33. The first-order chi connectivity index (χ1) is 8.40. The highest BCUT2D eigenvalue weighted by molar-refractivity contribution is 9.10. The molecule has 0 aliphatic carbocycles. The molecule has 5 heteroatoms. The number of nitrogens with two attached hydrogens (primary N) is 1. The van der Waals surface area contributed by atoms with Crippen molar-refractivity contribution in [2.45, 2.75) is 26.3 Å². The Morgan fingerprint density at radius 3 is 2.72 bits per heavy atom. The number of rotatable bonds is 3. The molecule has 0 aliphatic rings. The van der Waals surface area contributed by atoms with Gasteiger partial charge in [-0.05, 0) is 54.4 Å². The number of aryl methyl sites for hydroxylation is 1. The van der Waals surface area contributed by atoms with Gasteiger partial charge in [0, 0.05) is 27.4 Å². The molecule has 18 heavy (non-hydrogen) atoms. The number of anilines is 2. The Balaban J connectivity index is 2.32. The van der Waals surface area contributed by atoms with Gasteiger partial charge in [-0.3, -0.25) is 0 Å². The molecule has 3 N–H and O–H groups in total. The van der Waals surface area contributed by atoms with Crippen LogP contribution in [-0.2, 0) is 5.54 Å². The molecule has 0 radical (unpaired) electrons. The summed E-state index contributed by atoms with van der Waals surface area (Å²) in [4.78, 5) is 4.37. The zero-order chi connectivity index (χ0) is 13.3. The molecule has 0 spiro atoms. The lowest BCUT2D eigenvalue weighted by atomic mass is 10.1. The number of aromatic nitrogens is 1. The standard InChI is InChI=1S/C13H16BrN3S/c1-8-6-11(9(14)7-10(8)15)17-13(2,3)12-16-4-5-18-12/h4-7,17H,15H2,1-3H3. The van der Waals surface area contributed by atoms with Gasteiger partial charge in [0.25, 0.3) is 0 Å². The van der Waals surface area contributed by atoms with Crippen LogP contribution in [0, 0.1) is 6.92 Å². The molecule has 0 aliphatic heterocycles. The third kappa shape index (κ3) is 2.67. The fourth-order valence-corrected chi connectivity index (χ4v) is 2.89. The van der Waals surface area contributed by atoms with E-state index in [0.29, 0.717) is 0 Å². The lowest BCUT2D eigenvalue weighted by Crippen LogP contribution is -2.28. The third-order valence-electron chi connectivity index (χ3n) is 2.77. The van der Waals surface area contributed by atoms with E-state index in [0.717, 1.165) is 26.4 Å². The average molecular weight is 326 g/mol. The number of thiazole rings is 1. The van der Waals surface area contributed by atoms with Crippen molar-refractivity contribution in [3.8, 4) is 0 Å². The maximum atomic E-state index is 5.88. The number of nitrogens with zero attached hydrogens (tertiary/aromatic N) is 1. The van der Waals surface area contributed by atoms with E-state index in [1.807, 2.05) is 24.6 Å². The quantitative estimate of drug-likeness (QED) is 0.834. The van der Waals surface area contributed by atoms with Crippen molar-refractivity contribution in [1.82, 2.24) is 4.98 Å². The SMILES string of the molecule is Cc1cc(NC(C)(C)c2nccs2)c(Br)cc1N. The Morgan fingerprint density at radius 1 is 1.39 bits per heavy atom. The predicted molar refractivity (Wildman–Crippen MR) is 82.1 cm³/mol. The Bertz CT molecular complexity index is 550. The monoisotopic (exact) mass is 325 g/mol. The summed E-state index contributed by atoms with van der Waals surface area (Å²) in [7, 11) is 0. The molecule has 0 unspecified atom stereocenters. The van der Waals surface area contributed by atoms with Crippen LogP contribution in [0.25, 0.3) is 0 Å². The molecule has 2 aromatic rings. The van der Waals surface area contributed by atoms with Crippen LogP contribution in [0.5, 0.6) is 0 Å². The first kappa shape index (κ1) is 13.4. The molecule has 0 fully saturated rings. The van der Waals surface area contributed by atoms with Crippen LogP contribution in [0.15, 0.2) is 28.2 Å². The second-order valence-electron chi connectivity index (χ2n) is 4.78. The average Bonchev–Trinajstić information content (AvgIpc) is 2.79. The van der Waals surface area contributed by atoms with Crippen LogP contribution in [0.2, 0.25) is 0 Å². The van der Waals surface area contributed by atoms with Gasteiger partial charge in [-0.1, -0.05) is 0 Å². The van der Waals surface area contributed by atoms with E-state index in [-0.39, 0.29) is 5.54 Å². The van der Waals surface area contributed by atoms with E-state index in [1.165, 1.54) is 0 Å². The summed E-state index contributed by atoms with van der Waals surface area (Å²) >= 11 is 5.19. The van der Waals surface area contributed by atoms with Crippen molar-refractivity contribution >= 4 is 38.6 Å². The number of hydrogen-bond acceptors (Lipinski definition) is 4. The van der Waals surface area contributed by atoms with Crippen molar-refractivity contribution in [1.29, 1.82) is 0 Å². The molecule has 3 nitrogen and oxygen atoms in total. The minimum Gasteiger partial charge on any atom is -0.398 e. The Labute approximate surface area is 120 Å².